The van der Waals surface area contributed by atoms with E-state index in [4.69, 9.17) is 4.42 Å². The van der Waals surface area contributed by atoms with Gasteiger partial charge in [-0.05, 0) is 24.1 Å². The van der Waals surface area contributed by atoms with E-state index in [2.05, 4.69) is 10.3 Å². The lowest BCUT2D eigenvalue weighted by molar-refractivity contribution is -0.120. The average molecular weight is 232 g/mol. The highest BCUT2D eigenvalue weighted by Gasteiger charge is 2.06. The van der Waals surface area contributed by atoms with Crippen molar-refractivity contribution in [2.24, 2.45) is 0 Å². The first-order valence-corrected chi connectivity index (χ1v) is 5.82. The molecule has 4 heteroatoms. The Kier molecular flexibility index (Phi) is 3.42. The van der Waals surface area contributed by atoms with E-state index in [1.165, 1.54) is 0 Å². The van der Waals surface area contributed by atoms with Crippen LogP contribution in [0.3, 0.4) is 0 Å². The number of carbonyl (C=O) groups is 1. The molecule has 1 heterocycles. The Morgan fingerprint density at radius 3 is 3.06 bits per heavy atom. The third-order valence-electron chi connectivity index (χ3n) is 2.50. The number of aromatic nitrogens is 1. The molecule has 0 aliphatic heterocycles. The maximum Gasteiger partial charge on any atom is 0.224 e. The fourth-order valence-corrected chi connectivity index (χ4v) is 1.71. The minimum Gasteiger partial charge on any atom is -0.441 e. The van der Waals surface area contributed by atoms with Crippen molar-refractivity contribution in [2.75, 3.05) is 6.54 Å². The van der Waals surface area contributed by atoms with Crippen LogP contribution in [-0.2, 0) is 11.2 Å². The molecule has 1 N–H and O–H groups in total. The number of hydrogen-bond donors (Lipinski definition) is 1. The van der Waals surface area contributed by atoms with Crippen LogP contribution in [0.15, 0.2) is 22.6 Å². The Bertz CT molecular complexity index is 531. The molecule has 0 spiro atoms. The topological polar surface area (TPSA) is 55.1 Å². The summed E-state index contributed by atoms with van der Waals surface area (Å²) in [5.41, 5.74) is 2.53. The average Bonchev–Trinajstić information content (AvgIpc) is 2.65. The minimum atomic E-state index is 0.0476. The molecule has 1 aromatic heterocycles. The molecule has 1 amide bonds. The van der Waals surface area contributed by atoms with Gasteiger partial charge in [-0.15, -0.1) is 0 Å². The van der Waals surface area contributed by atoms with E-state index in [1.807, 2.05) is 32.0 Å². The summed E-state index contributed by atoms with van der Waals surface area (Å²) in [7, 11) is 0. The molecule has 2 rings (SSSR count). The van der Waals surface area contributed by atoms with Gasteiger partial charge in [-0.2, -0.15) is 0 Å². The fraction of sp³-hybridized carbons (Fsp3) is 0.385. The van der Waals surface area contributed by atoms with Crippen LogP contribution in [0.4, 0.5) is 0 Å². The van der Waals surface area contributed by atoms with Crippen LogP contribution in [0.25, 0.3) is 11.1 Å². The maximum atomic E-state index is 11.6. The molecule has 90 valence electrons. The third-order valence-corrected chi connectivity index (χ3v) is 2.50. The van der Waals surface area contributed by atoms with Crippen LogP contribution in [0.2, 0.25) is 0 Å². The first-order chi connectivity index (χ1) is 8.19. The summed E-state index contributed by atoms with van der Waals surface area (Å²) in [6.07, 6.45) is 1.34. The summed E-state index contributed by atoms with van der Waals surface area (Å²) in [6.45, 7) is 4.57. The monoisotopic (exact) mass is 232 g/mol. The van der Waals surface area contributed by atoms with E-state index >= 15 is 0 Å². The quantitative estimate of drug-likeness (QED) is 0.879. The lowest BCUT2D eigenvalue weighted by Crippen LogP contribution is -2.25. The van der Waals surface area contributed by atoms with Gasteiger partial charge in [0.05, 0.1) is 6.42 Å². The van der Waals surface area contributed by atoms with Crippen LogP contribution < -0.4 is 5.32 Å². The Morgan fingerprint density at radius 1 is 1.47 bits per heavy atom. The summed E-state index contributed by atoms with van der Waals surface area (Å²) in [4.78, 5) is 15.8. The zero-order valence-electron chi connectivity index (χ0n) is 10.1. The number of hydrogen-bond acceptors (Lipinski definition) is 3. The van der Waals surface area contributed by atoms with E-state index in [9.17, 15) is 4.79 Å². The summed E-state index contributed by atoms with van der Waals surface area (Å²) in [6, 6.07) is 5.66. The van der Waals surface area contributed by atoms with Crippen LogP contribution in [-0.4, -0.2) is 17.4 Å². The smallest absolute Gasteiger partial charge is 0.224 e. The van der Waals surface area contributed by atoms with Gasteiger partial charge < -0.3 is 9.73 Å². The van der Waals surface area contributed by atoms with Crippen molar-refractivity contribution in [1.29, 1.82) is 0 Å². The molecule has 1 aromatic carbocycles. The lowest BCUT2D eigenvalue weighted by atomic mass is 10.1. The Hall–Kier alpha value is -1.84. The SMILES string of the molecule is CCCNC(=O)Cc1ccc2oc(C)nc2c1. The highest BCUT2D eigenvalue weighted by molar-refractivity contribution is 5.81. The summed E-state index contributed by atoms with van der Waals surface area (Å²) < 4.78 is 5.38. The number of fused-ring (bicyclic) bond motifs is 1. The summed E-state index contributed by atoms with van der Waals surface area (Å²) in [5, 5.41) is 2.85. The molecule has 4 nitrogen and oxygen atoms in total. The lowest BCUT2D eigenvalue weighted by Gasteiger charge is -2.03. The highest BCUT2D eigenvalue weighted by atomic mass is 16.3. The number of carbonyl (C=O) groups excluding carboxylic acids is 1. The number of rotatable bonds is 4. The first-order valence-electron chi connectivity index (χ1n) is 5.82. The van der Waals surface area contributed by atoms with Crippen molar-refractivity contribution >= 4 is 17.0 Å². The van der Waals surface area contributed by atoms with E-state index in [-0.39, 0.29) is 5.91 Å². The second-order valence-electron chi connectivity index (χ2n) is 4.06. The molecule has 0 fully saturated rings. The second kappa shape index (κ2) is 4.99. The zero-order chi connectivity index (χ0) is 12.3. The third kappa shape index (κ3) is 2.84. The molecule has 0 saturated carbocycles. The van der Waals surface area contributed by atoms with Gasteiger partial charge in [0.15, 0.2) is 11.5 Å². The van der Waals surface area contributed by atoms with Crippen LogP contribution >= 0.6 is 0 Å². The molecular weight excluding hydrogens is 216 g/mol. The number of nitrogens with zero attached hydrogens (tertiary/aromatic N) is 1. The standard InChI is InChI=1S/C13H16N2O2/c1-3-6-14-13(16)8-10-4-5-12-11(7-10)15-9(2)17-12/h4-5,7H,3,6,8H2,1-2H3,(H,14,16). The van der Waals surface area contributed by atoms with Gasteiger partial charge >= 0.3 is 0 Å². The molecule has 0 atom stereocenters. The molecule has 17 heavy (non-hydrogen) atoms. The minimum absolute atomic E-state index is 0.0476. The summed E-state index contributed by atoms with van der Waals surface area (Å²) >= 11 is 0. The predicted molar refractivity (Wildman–Crippen MR) is 65.8 cm³/mol. The van der Waals surface area contributed by atoms with Gasteiger partial charge in [-0.1, -0.05) is 13.0 Å². The maximum absolute atomic E-state index is 11.6. The van der Waals surface area contributed by atoms with Crippen molar-refractivity contribution < 1.29 is 9.21 Å². The van der Waals surface area contributed by atoms with Gasteiger partial charge in [0, 0.05) is 13.5 Å². The van der Waals surface area contributed by atoms with Crippen molar-refractivity contribution in [1.82, 2.24) is 10.3 Å². The zero-order valence-corrected chi connectivity index (χ0v) is 10.1. The van der Waals surface area contributed by atoms with Crippen LogP contribution in [0.5, 0.6) is 0 Å². The number of amides is 1. The van der Waals surface area contributed by atoms with Crippen molar-refractivity contribution in [3.8, 4) is 0 Å². The number of benzene rings is 1. The van der Waals surface area contributed by atoms with Gasteiger partial charge in [-0.25, -0.2) is 4.98 Å². The Balaban J connectivity index is 2.10. The van der Waals surface area contributed by atoms with Crippen LogP contribution in [0.1, 0.15) is 24.8 Å². The normalized spacial score (nSPS) is 10.7. The highest BCUT2D eigenvalue weighted by Crippen LogP contribution is 2.16. The largest absolute Gasteiger partial charge is 0.441 e. The van der Waals surface area contributed by atoms with Crippen molar-refractivity contribution in [3.05, 3.63) is 29.7 Å². The first kappa shape index (κ1) is 11.6. The fourth-order valence-electron chi connectivity index (χ4n) is 1.71. The van der Waals surface area contributed by atoms with Gasteiger partial charge in [0.1, 0.15) is 5.52 Å². The Labute approximate surface area is 100 Å². The summed E-state index contributed by atoms with van der Waals surface area (Å²) in [5.74, 6) is 0.694. The van der Waals surface area contributed by atoms with Crippen molar-refractivity contribution in [3.63, 3.8) is 0 Å². The van der Waals surface area contributed by atoms with Crippen LogP contribution in [0, 0.1) is 6.92 Å². The predicted octanol–water partition coefficient (Wildman–Crippen LogP) is 2.20. The molecule has 0 bridgehead atoms. The number of oxazole rings is 1. The van der Waals surface area contributed by atoms with Gasteiger partial charge in [0.2, 0.25) is 5.91 Å². The molecule has 0 aliphatic carbocycles. The molecule has 2 aromatic rings. The number of nitrogens with one attached hydrogen (secondary N) is 1. The van der Waals surface area contributed by atoms with E-state index < -0.39 is 0 Å². The Morgan fingerprint density at radius 2 is 2.29 bits per heavy atom. The van der Waals surface area contributed by atoms with Gasteiger partial charge in [-0.3, -0.25) is 4.79 Å². The molecule has 0 unspecified atom stereocenters. The molecular formula is C13H16N2O2. The van der Waals surface area contributed by atoms with E-state index in [1.54, 1.807) is 0 Å². The van der Waals surface area contributed by atoms with Gasteiger partial charge in [0.25, 0.3) is 0 Å². The molecule has 0 aliphatic rings. The molecule has 0 radical (unpaired) electrons. The second-order valence-corrected chi connectivity index (χ2v) is 4.06. The molecule has 0 saturated heterocycles. The van der Waals surface area contributed by atoms with Crippen molar-refractivity contribution in [2.45, 2.75) is 26.7 Å². The van der Waals surface area contributed by atoms with E-state index in [0.29, 0.717) is 12.3 Å². The van der Waals surface area contributed by atoms with E-state index in [0.717, 1.165) is 29.6 Å². The number of aryl methyl sites for hydroxylation is 1.